The van der Waals surface area contributed by atoms with E-state index in [4.69, 9.17) is 0 Å². The lowest BCUT2D eigenvalue weighted by Gasteiger charge is -2.13. The lowest BCUT2D eigenvalue weighted by Crippen LogP contribution is -2.19. The van der Waals surface area contributed by atoms with Crippen LogP contribution < -0.4 is 5.59 Å². The minimum absolute atomic E-state index is 0.0109. The fraction of sp³-hybridized carbons (Fsp3) is 0.429. The molecule has 0 saturated heterocycles. The number of aryl methyl sites for hydroxylation is 1. The van der Waals surface area contributed by atoms with Gasteiger partial charge in [0.05, 0.1) is 0 Å². The highest BCUT2D eigenvalue weighted by atomic mass is 16.1. The number of carbonyl (C=O) groups excluding carboxylic acids is 1. The van der Waals surface area contributed by atoms with Crippen molar-refractivity contribution in [2.75, 3.05) is 0 Å². The van der Waals surface area contributed by atoms with Gasteiger partial charge in [-0.15, -0.1) is 0 Å². The van der Waals surface area contributed by atoms with E-state index in [1.807, 2.05) is 28.6 Å². The molecule has 0 amide bonds. The van der Waals surface area contributed by atoms with Gasteiger partial charge < -0.3 is 0 Å². The van der Waals surface area contributed by atoms with Gasteiger partial charge >= 0.3 is 0 Å². The van der Waals surface area contributed by atoms with E-state index >= 15 is 0 Å². The Balaban J connectivity index is 3.36. The third kappa shape index (κ3) is 3.29. The smallest absolute Gasteiger partial charge is 0.204 e. The number of ketones is 1. The molecule has 0 spiro atoms. The standard InChI is InChI=1S/C14H20BNO/c1-8(2)6-12(17)13-11(9(3)4)7-10(5)14(15)16-13/h6-7,9H,15H2,1-5H3. The summed E-state index contributed by atoms with van der Waals surface area (Å²) in [6.45, 7) is 10.1. The predicted molar refractivity (Wildman–Crippen MR) is 75.0 cm³/mol. The molecule has 0 N–H and O–H groups in total. The topological polar surface area (TPSA) is 30.0 Å². The van der Waals surface area contributed by atoms with Crippen molar-refractivity contribution >= 4 is 19.2 Å². The van der Waals surface area contributed by atoms with Gasteiger partial charge in [0.2, 0.25) is 5.78 Å². The first kappa shape index (κ1) is 13.7. The van der Waals surface area contributed by atoms with Crippen LogP contribution in [-0.2, 0) is 0 Å². The summed E-state index contributed by atoms with van der Waals surface area (Å²) in [6, 6.07) is 2.08. The number of nitrogens with zero attached hydrogens (tertiary/aromatic N) is 1. The third-order valence-electron chi connectivity index (χ3n) is 2.77. The van der Waals surface area contributed by atoms with Crippen molar-refractivity contribution in [2.24, 2.45) is 0 Å². The maximum absolute atomic E-state index is 12.1. The van der Waals surface area contributed by atoms with Crippen molar-refractivity contribution in [3.63, 3.8) is 0 Å². The summed E-state index contributed by atoms with van der Waals surface area (Å²) in [5, 5.41) is 0. The van der Waals surface area contributed by atoms with Crippen molar-refractivity contribution in [1.29, 1.82) is 0 Å². The molecule has 1 heterocycles. The quantitative estimate of drug-likeness (QED) is 0.450. The minimum Gasteiger partial charge on any atom is -0.288 e. The average Bonchev–Trinajstić information content (AvgIpc) is 2.19. The van der Waals surface area contributed by atoms with Crippen LogP contribution >= 0.6 is 0 Å². The van der Waals surface area contributed by atoms with Crippen LogP contribution in [0.4, 0.5) is 0 Å². The number of hydrogen-bond acceptors (Lipinski definition) is 2. The Morgan fingerprint density at radius 2 is 2.00 bits per heavy atom. The third-order valence-corrected chi connectivity index (χ3v) is 2.77. The van der Waals surface area contributed by atoms with Gasteiger partial charge in [-0.05, 0) is 49.5 Å². The molecule has 0 bridgehead atoms. The Labute approximate surface area is 105 Å². The van der Waals surface area contributed by atoms with Gasteiger partial charge in [-0.2, -0.15) is 0 Å². The van der Waals surface area contributed by atoms with Crippen molar-refractivity contribution < 1.29 is 4.79 Å². The fourth-order valence-corrected chi connectivity index (χ4v) is 1.69. The van der Waals surface area contributed by atoms with Gasteiger partial charge in [0, 0.05) is 0 Å². The SMILES string of the molecule is Bc1nc(C(=O)C=C(C)C)c(C(C)C)cc1C. The highest BCUT2D eigenvalue weighted by Crippen LogP contribution is 2.19. The molecule has 2 nitrogen and oxygen atoms in total. The summed E-state index contributed by atoms with van der Waals surface area (Å²) in [5.41, 5.74) is 4.71. The van der Waals surface area contributed by atoms with Gasteiger partial charge in [-0.25, -0.2) is 0 Å². The van der Waals surface area contributed by atoms with Crippen LogP contribution in [0.1, 0.15) is 55.2 Å². The summed E-state index contributed by atoms with van der Waals surface area (Å²) < 4.78 is 0. The normalized spacial score (nSPS) is 10.5. The van der Waals surface area contributed by atoms with E-state index in [0.29, 0.717) is 11.6 Å². The molecule has 0 aliphatic carbocycles. The molecule has 0 fully saturated rings. The van der Waals surface area contributed by atoms with E-state index in [1.54, 1.807) is 6.08 Å². The highest BCUT2D eigenvalue weighted by molar-refractivity contribution is 6.32. The number of allylic oxidation sites excluding steroid dienone is 2. The number of aromatic nitrogens is 1. The van der Waals surface area contributed by atoms with Crippen LogP contribution in [0.25, 0.3) is 0 Å². The van der Waals surface area contributed by atoms with E-state index in [-0.39, 0.29) is 5.78 Å². The number of pyridine rings is 1. The molecule has 1 rings (SSSR count). The molecule has 0 unspecified atom stereocenters. The van der Waals surface area contributed by atoms with E-state index in [0.717, 1.165) is 22.3 Å². The maximum Gasteiger partial charge on any atom is 0.204 e. The molecule has 1 aromatic rings. The molecule has 0 aliphatic heterocycles. The van der Waals surface area contributed by atoms with Crippen LogP contribution in [0.3, 0.4) is 0 Å². The first-order valence-corrected chi connectivity index (χ1v) is 6.00. The average molecular weight is 229 g/mol. The lowest BCUT2D eigenvalue weighted by molar-refractivity contribution is 0.104. The zero-order valence-corrected chi connectivity index (χ0v) is 11.6. The van der Waals surface area contributed by atoms with E-state index in [2.05, 4.69) is 24.9 Å². The second kappa shape index (κ2) is 5.30. The molecule has 17 heavy (non-hydrogen) atoms. The molecule has 1 aromatic heterocycles. The number of rotatable bonds is 3. The van der Waals surface area contributed by atoms with Crippen molar-refractivity contribution in [1.82, 2.24) is 4.98 Å². The summed E-state index contributed by atoms with van der Waals surface area (Å²) in [6.07, 6.45) is 1.66. The van der Waals surface area contributed by atoms with Crippen molar-refractivity contribution in [2.45, 2.75) is 40.5 Å². The van der Waals surface area contributed by atoms with Gasteiger partial charge in [0.15, 0.2) is 7.85 Å². The Hall–Kier alpha value is -1.38. The zero-order valence-electron chi connectivity index (χ0n) is 11.6. The Bertz CT molecular complexity index is 471. The second-order valence-corrected chi connectivity index (χ2v) is 5.07. The molecular weight excluding hydrogens is 209 g/mol. The summed E-state index contributed by atoms with van der Waals surface area (Å²) >= 11 is 0. The molecule has 0 atom stereocenters. The molecule has 3 heteroatoms. The molecule has 90 valence electrons. The molecular formula is C14H20BNO. The molecule has 0 radical (unpaired) electrons. The first-order chi connectivity index (χ1) is 7.82. The predicted octanol–water partition coefficient (Wildman–Crippen LogP) is 1.92. The Kier molecular flexibility index (Phi) is 4.27. The van der Waals surface area contributed by atoms with E-state index in [9.17, 15) is 4.79 Å². The van der Waals surface area contributed by atoms with Crippen molar-refractivity contribution in [3.8, 4) is 0 Å². The van der Waals surface area contributed by atoms with Gasteiger partial charge in [-0.3, -0.25) is 9.78 Å². The summed E-state index contributed by atoms with van der Waals surface area (Å²) in [4.78, 5) is 16.6. The van der Waals surface area contributed by atoms with E-state index in [1.165, 1.54) is 0 Å². The van der Waals surface area contributed by atoms with E-state index < -0.39 is 0 Å². The largest absolute Gasteiger partial charge is 0.288 e. The van der Waals surface area contributed by atoms with Crippen molar-refractivity contribution in [3.05, 3.63) is 34.5 Å². The highest BCUT2D eigenvalue weighted by Gasteiger charge is 2.15. The van der Waals surface area contributed by atoms with Crippen LogP contribution in [0.15, 0.2) is 17.7 Å². The second-order valence-electron chi connectivity index (χ2n) is 5.07. The summed E-state index contributed by atoms with van der Waals surface area (Å²) in [5.74, 6) is 0.322. The minimum atomic E-state index is 0.0109. The number of hydrogen-bond donors (Lipinski definition) is 0. The molecule has 0 saturated carbocycles. The summed E-state index contributed by atoms with van der Waals surface area (Å²) in [7, 11) is 1.94. The zero-order chi connectivity index (χ0) is 13.2. The van der Waals surface area contributed by atoms with Gasteiger partial charge in [0.1, 0.15) is 5.69 Å². The molecule has 0 aliphatic rings. The van der Waals surface area contributed by atoms with Crippen LogP contribution in [0, 0.1) is 6.92 Å². The van der Waals surface area contributed by atoms with Crippen LogP contribution in [-0.4, -0.2) is 18.6 Å². The van der Waals surface area contributed by atoms with Crippen LogP contribution in [0.2, 0.25) is 0 Å². The monoisotopic (exact) mass is 229 g/mol. The molecule has 0 aromatic carbocycles. The Morgan fingerprint density at radius 3 is 2.47 bits per heavy atom. The van der Waals surface area contributed by atoms with Gasteiger partial charge in [0.25, 0.3) is 0 Å². The fourth-order valence-electron chi connectivity index (χ4n) is 1.69. The lowest BCUT2D eigenvalue weighted by atomic mass is 9.91. The first-order valence-electron chi connectivity index (χ1n) is 6.00. The number of carbonyl (C=O) groups is 1. The Morgan fingerprint density at radius 1 is 1.41 bits per heavy atom. The van der Waals surface area contributed by atoms with Gasteiger partial charge in [-0.1, -0.05) is 25.5 Å². The van der Waals surface area contributed by atoms with Crippen LogP contribution in [0.5, 0.6) is 0 Å². The maximum atomic E-state index is 12.1.